The monoisotopic (exact) mass is 286 g/mol. The van der Waals surface area contributed by atoms with Crippen molar-refractivity contribution in [1.82, 2.24) is 10.2 Å². The number of ether oxygens (including phenoxy) is 1. The van der Waals surface area contributed by atoms with Gasteiger partial charge in [-0.1, -0.05) is 20.3 Å². The van der Waals surface area contributed by atoms with E-state index in [1.807, 2.05) is 20.8 Å². The average molecular weight is 286 g/mol. The third-order valence-corrected chi connectivity index (χ3v) is 3.94. The molecule has 0 rings (SSSR count). The van der Waals surface area contributed by atoms with Crippen molar-refractivity contribution < 1.29 is 9.53 Å². The zero-order chi connectivity index (χ0) is 15.6. The second kappa shape index (κ2) is 10.2. The first-order chi connectivity index (χ1) is 9.41. The zero-order valence-electron chi connectivity index (χ0n) is 14.3. The fourth-order valence-electron chi connectivity index (χ4n) is 2.48. The fraction of sp³-hybridized carbons (Fsp3) is 0.938. The van der Waals surface area contributed by atoms with Gasteiger partial charge in [-0.15, -0.1) is 0 Å². The van der Waals surface area contributed by atoms with Crippen molar-refractivity contribution in [3.05, 3.63) is 0 Å². The second-order valence-corrected chi connectivity index (χ2v) is 5.80. The van der Waals surface area contributed by atoms with Crippen LogP contribution in [0.5, 0.6) is 0 Å². The molecule has 0 saturated carbocycles. The molecule has 0 aliphatic heterocycles. The molecule has 0 aromatic rings. The molecular weight excluding hydrogens is 252 g/mol. The number of carbonyl (C=O) groups excluding carboxylic acids is 1. The topological polar surface area (TPSA) is 41.6 Å². The van der Waals surface area contributed by atoms with Crippen LogP contribution in [0.25, 0.3) is 0 Å². The third-order valence-electron chi connectivity index (χ3n) is 3.94. The maximum Gasteiger partial charge on any atom is 0.326 e. The molecule has 4 heteroatoms. The summed E-state index contributed by atoms with van der Waals surface area (Å²) in [4.78, 5) is 14.4. The Labute approximate surface area is 125 Å². The Morgan fingerprint density at radius 2 is 2.00 bits per heavy atom. The van der Waals surface area contributed by atoms with Crippen LogP contribution in [-0.4, -0.2) is 49.2 Å². The molecule has 4 nitrogen and oxygen atoms in total. The van der Waals surface area contributed by atoms with Gasteiger partial charge in [-0.05, 0) is 60.2 Å². The van der Waals surface area contributed by atoms with Gasteiger partial charge in [0.1, 0.15) is 5.54 Å². The Kier molecular flexibility index (Phi) is 9.86. The summed E-state index contributed by atoms with van der Waals surface area (Å²) in [6, 6.07) is 0.605. The van der Waals surface area contributed by atoms with E-state index in [9.17, 15) is 4.79 Å². The number of nitrogens with zero attached hydrogens (tertiary/aromatic N) is 1. The lowest BCUT2D eigenvalue weighted by molar-refractivity contribution is -0.150. The van der Waals surface area contributed by atoms with E-state index >= 15 is 0 Å². The van der Waals surface area contributed by atoms with Crippen LogP contribution in [0.1, 0.15) is 60.3 Å². The van der Waals surface area contributed by atoms with Gasteiger partial charge in [-0.25, -0.2) is 0 Å². The molecule has 0 amide bonds. The molecule has 0 heterocycles. The van der Waals surface area contributed by atoms with Gasteiger partial charge in [-0.2, -0.15) is 0 Å². The molecule has 0 aliphatic rings. The minimum Gasteiger partial charge on any atom is -0.465 e. The summed E-state index contributed by atoms with van der Waals surface area (Å²) in [5.74, 6) is -0.133. The maximum atomic E-state index is 12.1. The van der Waals surface area contributed by atoms with Crippen molar-refractivity contribution >= 4 is 5.97 Å². The lowest BCUT2D eigenvalue weighted by Crippen LogP contribution is -2.50. The van der Waals surface area contributed by atoms with Gasteiger partial charge in [0, 0.05) is 6.04 Å². The van der Waals surface area contributed by atoms with Crippen LogP contribution in [0, 0.1) is 0 Å². The van der Waals surface area contributed by atoms with E-state index < -0.39 is 5.54 Å². The quantitative estimate of drug-likeness (QED) is 0.593. The molecule has 1 N–H and O–H groups in total. The van der Waals surface area contributed by atoms with Crippen molar-refractivity contribution in [3.8, 4) is 0 Å². The number of hydrogen-bond acceptors (Lipinski definition) is 4. The Bertz CT molecular complexity index is 271. The van der Waals surface area contributed by atoms with E-state index in [1.165, 1.54) is 12.8 Å². The number of likely N-dealkylation sites (N-methyl/N-ethyl adjacent to an activating group) is 1. The molecule has 0 aliphatic carbocycles. The summed E-state index contributed by atoms with van der Waals surface area (Å²) in [6.45, 7) is 12.5. The number of carbonyl (C=O) groups is 1. The predicted molar refractivity (Wildman–Crippen MR) is 84.9 cm³/mol. The number of nitrogens with one attached hydrogen (secondary N) is 1. The summed E-state index contributed by atoms with van der Waals surface area (Å²) in [7, 11) is 2.16. The molecule has 0 aromatic carbocycles. The minimum atomic E-state index is -0.556. The fourth-order valence-corrected chi connectivity index (χ4v) is 2.48. The van der Waals surface area contributed by atoms with E-state index in [0.717, 1.165) is 25.9 Å². The Balaban J connectivity index is 4.30. The summed E-state index contributed by atoms with van der Waals surface area (Å²) >= 11 is 0. The van der Waals surface area contributed by atoms with Crippen LogP contribution in [0.2, 0.25) is 0 Å². The minimum absolute atomic E-state index is 0.133. The molecule has 120 valence electrons. The predicted octanol–water partition coefficient (Wildman–Crippen LogP) is 2.82. The van der Waals surface area contributed by atoms with E-state index in [4.69, 9.17) is 4.74 Å². The molecule has 2 unspecified atom stereocenters. The van der Waals surface area contributed by atoms with E-state index in [0.29, 0.717) is 12.6 Å². The van der Waals surface area contributed by atoms with Crippen molar-refractivity contribution in [2.24, 2.45) is 0 Å². The van der Waals surface area contributed by atoms with Gasteiger partial charge in [0.25, 0.3) is 0 Å². The standard InChI is InChI=1S/C16H34N2O2/c1-7-11-14(4)18(6)13-10-12-16(5,17-8-2)15(19)20-9-3/h14,17H,7-13H2,1-6H3. The Morgan fingerprint density at radius 1 is 1.35 bits per heavy atom. The summed E-state index contributed by atoms with van der Waals surface area (Å²) in [6.07, 6.45) is 4.23. The first-order valence-corrected chi connectivity index (χ1v) is 8.03. The molecule has 0 spiro atoms. The zero-order valence-corrected chi connectivity index (χ0v) is 14.3. The van der Waals surface area contributed by atoms with Crippen LogP contribution in [0.15, 0.2) is 0 Å². The molecule has 0 fully saturated rings. The van der Waals surface area contributed by atoms with Crippen LogP contribution >= 0.6 is 0 Å². The summed E-state index contributed by atoms with van der Waals surface area (Å²) in [5, 5.41) is 3.28. The lowest BCUT2D eigenvalue weighted by atomic mass is 9.95. The highest BCUT2D eigenvalue weighted by atomic mass is 16.5. The van der Waals surface area contributed by atoms with Gasteiger partial charge in [0.2, 0.25) is 0 Å². The van der Waals surface area contributed by atoms with Gasteiger partial charge >= 0.3 is 5.97 Å². The lowest BCUT2D eigenvalue weighted by Gasteiger charge is -2.30. The second-order valence-electron chi connectivity index (χ2n) is 5.80. The SMILES string of the molecule is CCCC(C)N(C)CCCC(C)(NCC)C(=O)OCC. The Morgan fingerprint density at radius 3 is 2.50 bits per heavy atom. The third kappa shape index (κ3) is 6.71. The van der Waals surface area contributed by atoms with E-state index in [-0.39, 0.29) is 5.97 Å². The van der Waals surface area contributed by atoms with E-state index in [1.54, 1.807) is 0 Å². The highest BCUT2D eigenvalue weighted by Gasteiger charge is 2.33. The molecule has 0 saturated heterocycles. The molecule has 2 atom stereocenters. The van der Waals surface area contributed by atoms with Crippen LogP contribution in [-0.2, 0) is 9.53 Å². The van der Waals surface area contributed by atoms with Crippen molar-refractivity contribution in [1.29, 1.82) is 0 Å². The normalized spacial score (nSPS) is 15.9. The largest absolute Gasteiger partial charge is 0.465 e. The summed E-state index contributed by atoms with van der Waals surface area (Å²) in [5.41, 5.74) is -0.556. The van der Waals surface area contributed by atoms with Gasteiger partial charge in [0.05, 0.1) is 6.61 Å². The van der Waals surface area contributed by atoms with Crippen LogP contribution in [0.4, 0.5) is 0 Å². The molecule has 20 heavy (non-hydrogen) atoms. The summed E-state index contributed by atoms with van der Waals surface area (Å²) < 4.78 is 5.19. The number of hydrogen-bond donors (Lipinski definition) is 1. The maximum absolute atomic E-state index is 12.1. The molecule has 0 bridgehead atoms. The number of esters is 1. The van der Waals surface area contributed by atoms with Crippen LogP contribution < -0.4 is 5.32 Å². The smallest absolute Gasteiger partial charge is 0.326 e. The van der Waals surface area contributed by atoms with Crippen LogP contribution in [0.3, 0.4) is 0 Å². The van der Waals surface area contributed by atoms with Crippen molar-refractivity contribution in [2.45, 2.75) is 71.9 Å². The molecular formula is C16H34N2O2. The molecule has 0 radical (unpaired) electrons. The van der Waals surface area contributed by atoms with Gasteiger partial charge < -0.3 is 15.0 Å². The van der Waals surface area contributed by atoms with Gasteiger partial charge in [0.15, 0.2) is 0 Å². The number of rotatable bonds is 11. The first-order valence-electron chi connectivity index (χ1n) is 8.03. The average Bonchev–Trinajstić information content (AvgIpc) is 2.39. The van der Waals surface area contributed by atoms with Gasteiger partial charge in [-0.3, -0.25) is 4.79 Å². The highest BCUT2D eigenvalue weighted by molar-refractivity contribution is 5.80. The Hall–Kier alpha value is -0.610. The highest BCUT2D eigenvalue weighted by Crippen LogP contribution is 2.16. The van der Waals surface area contributed by atoms with Crippen molar-refractivity contribution in [3.63, 3.8) is 0 Å². The first kappa shape index (κ1) is 19.4. The van der Waals surface area contributed by atoms with Crippen molar-refractivity contribution in [2.75, 3.05) is 26.7 Å². The van der Waals surface area contributed by atoms with E-state index in [2.05, 4.69) is 31.1 Å². The molecule has 0 aromatic heterocycles.